The molecule has 2 aromatic rings. The number of rotatable bonds is 3. The van der Waals surface area contributed by atoms with Crippen LogP contribution >= 0.6 is 0 Å². The number of aromatic nitrogens is 2. The van der Waals surface area contributed by atoms with Crippen LogP contribution in [0.1, 0.15) is 70.2 Å². The fourth-order valence-corrected chi connectivity index (χ4v) is 4.20. The normalized spacial score (nSPS) is 17.4. The Balaban J connectivity index is 1.92. The van der Waals surface area contributed by atoms with Gasteiger partial charge in [-0.2, -0.15) is 5.26 Å². The first-order chi connectivity index (χ1) is 11.5. The highest BCUT2D eigenvalue weighted by Crippen LogP contribution is 2.45. The van der Waals surface area contributed by atoms with E-state index in [-0.39, 0.29) is 5.41 Å². The summed E-state index contributed by atoms with van der Waals surface area (Å²) in [6, 6.07) is 9.89. The van der Waals surface area contributed by atoms with Crippen molar-refractivity contribution >= 4 is 0 Å². The van der Waals surface area contributed by atoms with Crippen molar-refractivity contribution in [3.8, 4) is 17.3 Å². The molecule has 1 atom stereocenters. The van der Waals surface area contributed by atoms with E-state index in [0.717, 1.165) is 17.1 Å². The number of aromatic amines is 1. The number of H-pyrrole nitrogens is 1. The molecule has 0 saturated heterocycles. The summed E-state index contributed by atoms with van der Waals surface area (Å²) in [6.45, 7) is 6.97. The third-order valence-corrected chi connectivity index (χ3v) is 5.23. The predicted molar refractivity (Wildman–Crippen MR) is 97.5 cm³/mol. The molecule has 0 aliphatic heterocycles. The smallest absolute Gasteiger partial charge is 0.110 e. The lowest BCUT2D eigenvalue weighted by molar-refractivity contribution is 0.184. The van der Waals surface area contributed by atoms with Crippen LogP contribution in [0.4, 0.5) is 0 Å². The zero-order chi connectivity index (χ0) is 17.2. The molecule has 1 aliphatic rings. The van der Waals surface area contributed by atoms with Crippen molar-refractivity contribution in [2.75, 3.05) is 0 Å². The molecule has 3 nitrogen and oxygen atoms in total. The molecule has 1 aromatic heterocycles. The summed E-state index contributed by atoms with van der Waals surface area (Å²) in [5, 5.41) is 9.10. The Morgan fingerprint density at radius 2 is 1.96 bits per heavy atom. The number of nitrogens with zero attached hydrogens (tertiary/aromatic N) is 2. The molecule has 0 bridgehead atoms. The van der Waals surface area contributed by atoms with E-state index in [0.29, 0.717) is 17.4 Å². The summed E-state index contributed by atoms with van der Waals surface area (Å²) in [5.41, 5.74) is 2.81. The molecule has 24 heavy (non-hydrogen) atoms. The van der Waals surface area contributed by atoms with Crippen LogP contribution in [0.25, 0.3) is 11.3 Å². The lowest BCUT2D eigenvalue weighted by Gasteiger charge is -2.37. The molecule has 1 aliphatic carbocycles. The zero-order valence-corrected chi connectivity index (χ0v) is 15.0. The summed E-state index contributed by atoms with van der Waals surface area (Å²) >= 11 is 0. The number of nitriles is 1. The quantitative estimate of drug-likeness (QED) is 0.793. The minimum absolute atomic E-state index is 0.186. The van der Waals surface area contributed by atoms with Crippen molar-refractivity contribution in [3.63, 3.8) is 0 Å². The minimum atomic E-state index is 0.186. The van der Waals surface area contributed by atoms with E-state index in [1.807, 2.05) is 30.5 Å². The Morgan fingerprint density at radius 3 is 2.62 bits per heavy atom. The van der Waals surface area contributed by atoms with Crippen molar-refractivity contribution in [1.82, 2.24) is 9.97 Å². The molecule has 1 N–H and O–H groups in total. The van der Waals surface area contributed by atoms with Gasteiger partial charge < -0.3 is 4.98 Å². The van der Waals surface area contributed by atoms with Gasteiger partial charge >= 0.3 is 0 Å². The van der Waals surface area contributed by atoms with Gasteiger partial charge in [0, 0.05) is 17.7 Å². The molecule has 126 valence electrons. The second-order valence-electron chi connectivity index (χ2n) is 8.11. The first kappa shape index (κ1) is 16.8. The van der Waals surface area contributed by atoms with E-state index < -0.39 is 0 Å². The van der Waals surface area contributed by atoms with Gasteiger partial charge in [0.2, 0.25) is 0 Å². The number of benzene rings is 1. The average Bonchev–Trinajstić information content (AvgIpc) is 3.04. The van der Waals surface area contributed by atoms with Gasteiger partial charge in [0.1, 0.15) is 5.82 Å². The molecule has 1 aromatic carbocycles. The van der Waals surface area contributed by atoms with Crippen LogP contribution in [0.5, 0.6) is 0 Å². The van der Waals surface area contributed by atoms with Crippen LogP contribution in [0.2, 0.25) is 0 Å². The lowest BCUT2D eigenvalue weighted by Crippen LogP contribution is -2.28. The van der Waals surface area contributed by atoms with Gasteiger partial charge in [-0.1, -0.05) is 52.2 Å². The first-order valence-corrected chi connectivity index (χ1v) is 9.05. The maximum atomic E-state index is 9.10. The first-order valence-electron chi connectivity index (χ1n) is 9.05. The molecular formula is C21H27N3. The Kier molecular flexibility index (Phi) is 4.76. The predicted octanol–water partition coefficient (Wildman–Crippen LogP) is 5.66. The fraction of sp³-hybridized carbons (Fsp3) is 0.524. The van der Waals surface area contributed by atoms with Gasteiger partial charge in [0.05, 0.1) is 17.3 Å². The highest BCUT2D eigenvalue weighted by molar-refractivity contribution is 5.60. The molecular weight excluding hydrogens is 294 g/mol. The highest BCUT2D eigenvalue weighted by Gasteiger charge is 2.36. The summed E-state index contributed by atoms with van der Waals surface area (Å²) in [6.07, 6.45) is 8.67. The Hall–Kier alpha value is -2.08. The molecule has 1 heterocycles. The molecule has 1 saturated carbocycles. The zero-order valence-electron chi connectivity index (χ0n) is 15.0. The van der Waals surface area contributed by atoms with Crippen molar-refractivity contribution in [2.45, 2.75) is 58.8 Å². The summed E-state index contributed by atoms with van der Waals surface area (Å²) < 4.78 is 0. The van der Waals surface area contributed by atoms with Crippen LogP contribution in [0, 0.1) is 22.7 Å². The maximum absolute atomic E-state index is 9.10. The van der Waals surface area contributed by atoms with Gasteiger partial charge in [0.15, 0.2) is 0 Å². The average molecular weight is 321 g/mol. The van der Waals surface area contributed by atoms with Crippen LogP contribution in [-0.2, 0) is 0 Å². The van der Waals surface area contributed by atoms with Crippen LogP contribution in [-0.4, -0.2) is 9.97 Å². The second kappa shape index (κ2) is 6.81. The molecule has 1 unspecified atom stereocenters. The summed E-state index contributed by atoms with van der Waals surface area (Å²) in [4.78, 5) is 8.38. The number of hydrogen-bond acceptors (Lipinski definition) is 2. The maximum Gasteiger partial charge on any atom is 0.110 e. The van der Waals surface area contributed by atoms with Crippen molar-refractivity contribution < 1.29 is 0 Å². The Bertz CT molecular complexity index is 724. The van der Waals surface area contributed by atoms with E-state index in [2.05, 4.69) is 31.8 Å². The highest BCUT2D eigenvalue weighted by atomic mass is 14.9. The van der Waals surface area contributed by atoms with E-state index in [1.165, 1.54) is 32.1 Å². The van der Waals surface area contributed by atoms with E-state index in [1.54, 1.807) is 0 Å². The van der Waals surface area contributed by atoms with Gasteiger partial charge in [-0.3, -0.25) is 0 Å². The summed E-state index contributed by atoms with van der Waals surface area (Å²) in [5.74, 6) is 2.26. The van der Waals surface area contributed by atoms with Crippen molar-refractivity contribution in [3.05, 3.63) is 41.9 Å². The van der Waals surface area contributed by atoms with Crippen molar-refractivity contribution in [1.29, 1.82) is 5.26 Å². The molecule has 3 heteroatoms. The van der Waals surface area contributed by atoms with Gasteiger partial charge in [-0.25, -0.2) is 4.98 Å². The van der Waals surface area contributed by atoms with E-state index in [9.17, 15) is 0 Å². The van der Waals surface area contributed by atoms with E-state index >= 15 is 0 Å². The van der Waals surface area contributed by atoms with Crippen LogP contribution < -0.4 is 0 Å². The SMILES string of the molecule is CC(C)(C)C(c1nc(-c2cccc(C#N)c2)c[nH]1)C1CCCCC1. The molecule has 1 fully saturated rings. The second-order valence-corrected chi connectivity index (χ2v) is 8.11. The molecule has 0 amide bonds. The van der Waals surface area contributed by atoms with Gasteiger partial charge in [0.25, 0.3) is 0 Å². The number of imidazole rings is 1. The Labute approximate surface area is 145 Å². The van der Waals surface area contributed by atoms with E-state index in [4.69, 9.17) is 10.2 Å². The minimum Gasteiger partial charge on any atom is -0.348 e. The monoisotopic (exact) mass is 321 g/mol. The third-order valence-electron chi connectivity index (χ3n) is 5.23. The third kappa shape index (κ3) is 3.53. The molecule has 3 rings (SSSR count). The van der Waals surface area contributed by atoms with Crippen molar-refractivity contribution in [2.24, 2.45) is 11.3 Å². The number of nitrogens with one attached hydrogen (secondary N) is 1. The summed E-state index contributed by atoms with van der Waals surface area (Å²) in [7, 11) is 0. The van der Waals surface area contributed by atoms with Crippen LogP contribution in [0.3, 0.4) is 0 Å². The topological polar surface area (TPSA) is 52.5 Å². The van der Waals surface area contributed by atoms with Gasteiger partial charge in [-0.15, -0.1) is 0 Å². The lowest BCUT2D eigenvalue weighted by atomic mass is 9.68. The van der Waals surface area contributed by atoms with Crippen LogP contribution in [0.15, 0.2) is 30.5 Å². The largest absolute Gasteiger partial charge is 0.348 e. The standard InChI is InChI=1S/C21H27N3/c1-21(2,3)19(16-9-5-4-6-10-16)20-23-14-18(24-20)17-11-7-8-15(12-17)13-22/h7-8,11-12,14,16,19H,4-6,9-10H2,1-3H3,(H,23,24). The fourth-order valence-electron chi connectivity index (χ4n) is 4.20. The Morgan fingerprint density at radius 1 is 1.21 bits per heavy atom. The molecule has 0 radical (unpaired) electrons. The van der Waals surface area contributed by atoms with Gasteiger partial charge in [-0.05, 0) is 36.3 Å². The molecule has 0 spiro atoms. The number of hydrogen-bond donors (Lipinski definition) is 1.